The van der Waals surface area contributed by atoms with Gasteiger partial charge in [-0.3, -0.25) is 4.79 Å². The van der Waals surface area contributed by atoms with Gasteiger partial charge in [0.15, 0.2) is 0 Å². The number of nitrogens with one attached hydrogen (secondary N) is 1. The lowest BCUT2D eigenvalue weighted by atomic mass is 9.76. The van der Waals surface area contributed by atoms with Gasteiger partial charge in [-0.2, -0.15) is 0 Å². The van der Waals surface area contributed by atoms with Crippen LogP contribution in [-0.2, 0) is 11.2 Å². The Hall–Kier alpha value is -1.48. The molecule has 0 saturated carbocycles. The maximum atomic E-state index is 12.2. The summed E-state index contributed by atoms with van der Waals surface area (Å²) in [7, 11) is 1.68. The molecule has 2 aliphatic rings. The highest BCUT2D eigenvalue weighted by Gasteiger charge is 2.30. The summed E-state index contributed by atoms with van der Waals surface area (Å²) in [6.45, 7) is 0.735. The van der Waals surface area contributed by atoms with E-state index in [4.69, 9.17) is 16.3 Å². The fourth-order valence-electron chi connectivity index (χ4n) is 3.28. The van der Waals surface area contributed by atoms with E-state index in [0.29, 0.717) is 5.92 Å². The number of amides is 1. The molecular weight excluding hydrogens is 274 g/mol. The van der Waals surface area contributed by atoms with Crippen LogP contribution < -0.4 is 10.1 Å². The molecule has 0 fully saturated rings. The van der Waals surface area contributed by atoms with Crippen molar-refractivity contribution in [2.24, 2.45) is 5.92 Å². The van der Waals surface area contributed by atoms with E-state index >= 15 is 0 Å². The maximum absolute atomic E-state index is 12.2. The standard InChI is InChI=1S/C16H18ClNO2/c1-20-12-4-5-13-11(8-12)3-2-10-6-7-18-16(19)14(9-17)15(10)13/h4-5,8,10H,2-3,6-7,9H2,1H3,(H,18,19). The topological polar surface area (TPSA) is 38.3 Å². The predicted molar refractivity (Wildman–Crippen MR) is 80.1 cm³/mol. The fraction of sp³-hybridized carbons (Fsp3) is 0.438. The smallest absolute Gasteiger partial charge is 0.248 e. The molecule has 0 spiro atoms. The van der Waals surface area contributed by atoms with Gasteiger partial charge in [0, 0.05) is 12.1 Å². The molecule has 1 aromatic carbocycles. The molecule has 0 saturated heterocycles. The number of halogens is 1. The highest BCUT2D eigenvalue weighted by atomic mass is 35.5. The van der Waals surface area contributed by atoms with Crippen LogP contribution in [0, 0.1) is 5.92 Å². The molecule has 1 N–H and O–H groups in total. The van der Waals surface area contributed by atoms with Gasteiger partial charge in [-0.05, 0) is 54.0 Å². The Balaban J connectivity index is 2.16. The van der Waals surface area contributed by atoms with Crippen molar-refractivity contribution >= 4 is 23.1 Å². The van der Waals surface area contributed by atoms with Crippen molar-refractivity contribution in [2.75, 3.05) is 19.5 Å². The lowest BCUT2D eigenvalue weighted by Gasteiger charge is -2.28. The van der Waals surface area contributed by atoms with Crippen LogP contribution in [0.3, 0.4) is 0 Å². The van der Waals surface area contributed by atoms with Gasteiger partial charge in [0.2, 0.25) is 5.91 Å². The number of ether oxygens (including phenoxy) is 1. The molecule has 20 heavy (non-hydrogen) atoms. The number of aryl methyl sites for hydroxylation is 1. The van der Waals surface area contributed by atoms with Crippen LogP contribution in [-0.4, -0.2) is 25.4 Å². The van der Waals surface area contributed by atoms with E-state index in [1.54, 1.807) is 7.11 Å². The average Bonchev–Trinajstić information content (AvgIpc) is 2.64. The second-order valence-corrected chi connectivity index (χ2v) is 5.60. The maximum Gasteiger partial charge on any atom is 0.248 e. The first-order chi connectivity index (χ1) is 9.74. The monoisotopic (exact) mass is 291 g/mol. The number of benzene rings is 1. The number of carbonyl (C=O) groups excluding carboxylic acids is 1. The number of alkyl halides is 1. The number of carbonyl (C=O) groups is 1. The summed E-state index contributed by atoms with van der Waals surface area (Å²) in [6.07, 6.45) is 3.10. The molecule has 1 aliphatic heterocycles. The van der Waals surface area contributed by atoms with Gasteiger partial charge in [-0.15, -0.1) is 11.6 Å². The molecule has 106 valence electrons. The van der Waals surface area contributed by atoms with Gasteiger partial charge in [-0.1, -0.05) is 6.07 Å². The Bertz CT molecular complexity index is 580. The van der Waals surface area contributed by atoms with E-state index in [2.05, 4.69) is 17.4 Å². The summed E-state index contributed by atoms with van der Waals surface area (Å²) in [5.41, 5.74) is 4.32. The number of allylic oxidation sites excluding steroid dienone is 1. The van der Waals surface area contributed by atoms with Gasteiger partial charge in [0.1, 0.15) is 5.75 Å². The SMILES string of the molecule is COc1ccc2c(c1)CCC1CCNC(=O)C(CCl)=C21. The van der Waals surface area contributed by atoms with Crippen molar-refractivity contribution in [2.45, 2.75) is 19.3 Å². The first-order valence-corrected chi connectivity index (χ1v) is 7.52. The van der Waals surface area contributed by atoms with Crippen LogP contribution in [0.1, 0.15) is 24.0 Å². The zero-order chi connectivity index (χ0) is 14.1. The predicted octanol–water partition coefficient (Wildman–Crippen LogP) is 2.77. The average molecular weight is 292 g/mol. The van der Waals surface area contributed by atoms with Crippen molar-refractivity contribution in [3.05, 3.63) is 34.9 Å². The molecule has 0 aromatic heterocycles. The van der Waals surface area contributed by atoms with Gasteiger partial charge < -0.3 is 10.1 Å². The van der Waals surface area contributed by atoms with Crippen molar-refractivity contribution in [3.63, 3.8) is 0 Å². The molecule has 0 radical (unpaired) electrons. The zero-order valence-electron chi connectivity index (χ0n) is 11.5. The van der Waals surface area contributed by atoms with E-state index in [1.807, 2.05) is 6.07 Å². The highest BCUT2D eigenvalue weighted by Crippen LogP contribution is 2.41. The fourth-order valence-corrected chi connectivity index (χ4v) is 3.55. The van der Waals surface area contributed by atoms with Crippen LogP contribution in [0.4, 0.5) is 0 Å². The third-order valence-corrected chi connectivity index (χ3v) is 4.55. The Kier molecular flexibility index (Phi) is 3.70. The normalized spacial score (nSPS) is 21.7. The van der Waals surface area contributed by atoms with E-state index in [9.17, 15) is 4.79 Å². The summed E-state index contributed by atoms with van der Waals surface area (Å²) >= 11 is 6.05. The minimum atomic E-state index is -0.0128. The van der Waals surface area contributed by atoms with Crippen LogP contribution in [0.15, 0.2) is 23.8 Å². The lowest BCUT2D eigenvalue weighted by Crippen LogP contribution is -2.25. The highest BCUT2D eigenvalue weighted by molar-refractivity contribution is 6.24. The largest absolute Gasteiger partial charge is 0.497 e. The Morgan fingerprint density at radius 2 is 2.25 bits per heavy atom. The summed E-state index contributed by atoms with van der Waals surface area (Å²) in [4.78, 5) is 12.2. The lowest BCUT2D eigenvalue weighted by molar-refractivity contribution is -0.117. The van der Waals surface area contributed by atoms with Crippen molar-refractivity contribution in [1.82, 2.24) is 5.32 Å². The van der Waals surface area contributed by atoms with Gasteiger partial charge in [0.05, 0.1) is 13.0 Å². The molecule has 1 atom stereocenters. The van der Waals surface area contributed by atoms with Gasteiger partial charge in [-0.25, -0.2) is 0 Å². The molecule has 1 unspecified atom stereocenters. The second-order valence-electron chi connectivity index (χ2n) is 5.33. The molecule has 1 amide bonds. The molecular formula is C16H18ClNO2. The zero-order valence-corrected chi connectivity index (χ0v) is 12.3. The molecule has 1 heterocycles. The number of methoxy groups -OCH3 is 1. The molecule has 1 aliphatic carbocycles. The third-order valence-electron chi connectivity index (χ3n) is 4.28. The molecule has 3 nitrogen and oxygen atoms in total. The van der Waals surface area contributed by atoms with Gasteiger partial charge in [0.25, 0.3) is 0 Å². The molecule has 0 bridgehead atoms. The van der Waals surface area contributed by atoms with E-state index in [1.165, 1.54) is 11.1 Å². The Labute approximate surface area is 124 Å². The number of hydrogen-bond donors (Lipinski definition) is 1. The number of hydrogen-bond acceptors (Lipinski definition) is 2. The van der Waals surface area contributed by atoms with Crippen molar-refractivity contribution < 1.29 is 9.53 Å². The van der Waals surface area contributed by atoms with Gasteiger partial charge >= 0.3 is 0 Å². The van der Waals surface area contributed by atoms with Crippen molar-refractivity contribution in [3.8, 4) is 5.75 Å². The summed E-state index contributed by atoms with van der Waals surface area (Å²) in [6, 6.07) is 6.11. The Morgan fingerprint density at radius 3 is 3.00 bits per heavy atom. The van der Waals surface area contributed by atoms with Crippen LogP contribution in [0.25, 0.3) is 5.57 Å². The minimum Gasteiger partial charge on any atom is -0.497 e. The second kappa shape index (κ2) is 5.49. The minimum absolute atomic E-state index is 0.0128. The quantitative estimate of drug-likeness (QED) is 0.851. The summed E-state index contributed by atoms with van der Waals surface area (Å²) < 4.78 is 5.29. The van der Waals surface area contributed by atoms with E-state index in [-0.39, 0.29) is 11.8 Å². The van der Waals surface area contributed by atoms with Crippen LogP contribution in [0.5, 0.6) is 5.75 Å². The number of fused-ring (bicyclic) bond motifs is 3. The third kappa shape index (κ3) is 2.20. The molecule has 3 rings (SSSR count). The van der Waals surface area contributed by atoms with Crippen LogP contribution in [0.2, 0.25) is 0 Å². The first kappa shape index (κ1) is 13.5. The van der Waals surface area contributed by atoms with E-state index in [0.717, 1.165) is 42.7 Å². The summed E-state index contributed by atoms with van der Waals surface area (Å²) in [5, 5.41) is 2.95. The Morgan fingerprint density at radius 1 is 1.40 bits per heavy atom. The first-order valence-electron chi connectivity index (χ1n) is 6.99. The van der Waals surface area contributed by atoms with Crippen LogP contribution >= 0.6 is 11.6 Å². The number of rotatable bonds is 2. The summed E-state index contributed by atoms with van der Waals surface area (Å²) in [5.74, 6) is 1.56. The van der Waals surface area contributed by atoms with E-state index < -0.39 is 0 Å². The molecule has 4 heteroatoms. The van der Waals surface area contributed by atoms with Crippen molar-refractivity contribution in [1.29, 1.82) is 0 Å². The molecule has 1 aromatic rings.